The molecule has 0 fully saturated rings. The first kappa shape index (κ1) is 13.7. The highest BCUT2D eigenvalue weighted by molar-refractivity contribution is 9.12. The third kappa shape index (κ3) is 3.29. The van der Waals surface area contributed by atoms with Crippen LogP contribution < -0.4 is 5.32 Å². The normalized spacial score (nSPS) is 15.7. The molecule has 0 spiro atoms. The van der Waals surface area contributed by atoms with Crippen LogP contribution in [0.1, 0.15) is 32.4 Å². The van der Waals surface area contributed by atoms with E-state index in [-0.39, 0.29) is 0 Å². The van der Waals surface area contributed by atoms with Crippen LogP contribution in [0.5, 0.6) is 0 Å². The van der Waals surface area contributed by atoms with Crippen LogP contribution in [0.3, 0.4) is 0 Å². The Morgan fingerprint density at radius 2 is 1.87 bits per heavy atom. The SMILES string of the molecule is CNC(c1cc(Br)sc1Br)C(C)C(C)C. The van der Waals surface area contributed by atoms with Gasteiger partial charge in [0.15, 0.2) is 0 Å². The van der Waals surface area contributed by atoms with Crippen molar-refractivity contribution >= 4 is 43.2 Å². The lowest BCUT2D eigenvalue weighted by Gasteiger charge is -2.26. The van der Waals surface area contributed by atoms with Crippen LogP contribution in [0.4, 0.5) is 0 Å². The molecule has 1 N–H and O–H groups in total. The lowest BCUT2D eigenvalue weighted by molar-refractivity contribution is 0.317. The topological polar surface area (TPSA) is 12.0 Å². The van der Waals surface area contributed by atoms with Gasteiger partial charge in [-0.25, -0.2) is 0 Å². The maximum atomic E-state index is 3.62. The Morgan fingerprint density at radius 1 is 1.27 bits per heavy atom. The van der Waals surface area contributed by atoms with Crippen molar-refractivity contribution in [2.24, 2.45) is 11.8 Å². The van der Waals surface area contributed by atoms with Gasteiger partial charge in [-0.3, -0.25) is 0 Å². The molecule has 0 aromatic carbocycles. The maximum Gasteiger partial charge on any atom is 0.0758 e. The maximum absolute atomic E-state index is 3.62. The Bertz CT molecular complexity index is 322. The van der Waals surface area contributed by atoms with Crippen LogP contribution in [0.2, 0.25) is 0 Å². The molecule has 1 aromatic heterocycles. The van der Waals surface area contributed by atoms with Crippen LogP contribution in [-0.4, -0.2) is 7.05 Å². The van der Waals surface area contributed by atoms with E-state index in [1.165, 1.54) is 13.1 Å². The number of hydrogen-bond acceptors (Lipinski definition) is 2. The molecule has 1 aromatic rings. The molecule has 0 aliphatic rings. The highest BCUT2D eigenvalue weighted by atomic mass is 79.9. The van der Waals surface area contributed by atoms with Gasteiger partial charge in [-0.1, -0.05) is 20.8 Å². The summed E-state index contributed by atoms with van der Waals surface area (Å²) in [6.07, 6.45) is 0. The highest BCUT2D eigenvalue weighted by Crippen LogP contribution is 2.39. The Morgan fingerprint density at radius 3 is 2.20 bits per heavy atom. The molecule has 0 bridgehead atoms. The smallest absolute Gasteiger partial charge is 0.0758 e. The van der Waals surface area contributed by atoms with Crippen molar-refractivity contribution < 1.29 is 0 Å². The summed E-state index contributed by atoms with van der Waals surface area (Å²) >= 11 is 8.89. The van der Waals surface area contributed by atoms with E-state index in [4.69, 9.17) is 0 Å². The van der Waals surface area contributed by atoms with Crippen molar-refractivity contribution in [3.63, 3.8) is 0 Å². The second-order valence-corrected chi connectivity index (χ2v) is 7.90. The molecule has 2 atom stereocenters. The Kier molecular flexibility index (Phi) is 5.29. The third-order valence-electron chi connectivity index (χ3n) is 2.91. The van der Waals surface area contributed by atoms with Gasteiger partial charge in [0.1, 0.15) is 0 Å². The molecule has 0 amide bonds. The number of nitrogens with one attached hydrogen (secondary N) is 1. The van der Waals surface area contributed by atoms with Crippen molar-refractivity contribution in [3.8, 4) is 0 Å². The molecule has 1 heterocycles. The molecule has 1 nitrogen and oxygen atoms in total. The summed E-state index contributed by atoms with van der Waals surface area (Å²) in [5, 5.41) is 3.41. The summed E-state index contributed by atoms with van der Waals surface area (Å²) < 4.78 is 2.40. The van der Waals surface area contributed by atoms with Crippen molar-refractivity contribution in [1.82, 2.24) is 5.32 Å². The first-order valence-electron chi connectivity index (χ1n) is 5.09. The number of thiophene rings is 1. The van der Waals surface area contributed by atoms with Gasteiger partial charge in [0.2, 0.25) is 0 Å². The zero-order chi connectivity index (χ0) is 11.6. The summed E-state index contributed by atoms with van der Waals surface area (Å²) in [5.74, 6) is 1.29. The number of rotatable bonds is 4. The third-order valence-corrected chi connectivity index (χ3v) is 5.29. The fourth-order valence-electron chi connectivity index (χ4n) is 1.65. The number of hydrogen-bond donors (Lipinski definition) is 1. The molecule has 0 radical (unpaired) electrons. The summed E-state index contributed by atoms with van der Waals surface area (Å²) in [5.41, 5.74) is 1.36. The standard InChI is InChI=1S/C11H17Br2NS/c1-6(2)7(3)10(14-4)8-5-9(12)15-11(8)13/h5-7,10,14H,1-4H3. The highest BCUT2D eigenvalue weighted by Gasteiger charge is 2.23. The van der Waals surface area contributed by atoms with Crippen LogP contribution in [-0.2, 0) is 0 Å². The van der Waals surface area contributed by atoms with Crippen LogP contribution in [0.25, 0.3) is 0 Å². The molecule has 4 heteroatoms. The molecular formula is C11H17Br2NS. The lowest BCUT2D eigenvalue weighted by atomic mass is 9.87. The first-order valence-corrected chi connectivity index (χ1v) is 7.49. The van der Waals surface area contributed by atoms with Crippen LogP contribution in [0, 0.1) is 11.8 Å². The molecule has 0 saturated heterocycles. The van der Waals surface area contributed by atoms with Gasteiger partial charge < -0.3 is 5.32 Å². The van der Waals surface area contributed by atoms with Crippen molar-refractivity contribution in [2.75, 3.05) is 7.05 Å². The predicted molar refractivity (Wildman–Crippen MR) is 75.5 cm³/mol. The second kappa shape index (κ2) is 5.80. The van der Waals surface area contributed by atoms with Crippen molar-refractivity contribution in [1.29, 1.82) is 0 Å². The summed E-state index contributed by atoms with van der Waals surface area (Å²) in [4.78, 5) is 0. The molecule has 0 aliphatic carbocycles. The Balaban J connectivity index is 2.96. The molecule has 86 valence electrons. The summed E-state index contributed by atoms with van der Waals surface area (Å²) in [6, 6.07) is 2.62. The molecule has 0 aliphatic heterocycles. The lowest BCUT2D eigenvalue weighted by Crippen LogP contribution is -2.26. The van der Waals surface area contributed by atoms with E-state index in [0.717, 1.165) is 0 Å². The Hall–Kier alpha value is 0.620. The van der Waals surface area contributed by atoms with E-state index in [2.05, 4.69) is 64.0 Å². The quantitative estimate of drug-likeness (QED) is 0.816. The fraction of sp³-hybridized carbons (Fsp3) is 0.636. The van der Waals surface area contributed by atoms with E-state index in [9.17, 15) is 0 Å². The first-order chi connectivity index (χ1) is 6.97. The molecule has 15 heavy (non-hydrogen) atoms. The zero-order valence-electron chi connectivity index (χ0n) is 9.47. The van der Waals surface area contributed by atoms with Gasteiger partial charge in [-0.15, -0.1) is 11.3 Å². The van der Waals surface area contributed by atoms with Crippen LogP contribution >= 0.6 is 43.2 Å². The van der Waals surface area contributed by atoms with E-state index >= 15 is 0 Å². The average Bonchev–Trinajstić information content (AvgIpc) is 2.47. The zero-order valence-corrected chi connectivity index (χ0v) is 13.5. The minimum absolute atomic E-state index is 0.418. The largest absolute Gasteiger partial charge is 0.313 e. The minimum atomic E-state index is 0.418. The molecule has 0 saturated carbocycles. The predicted octanol–water partition coefficient (Wildman–Crippen LogP) is 4.83. The molecular weight excluding hydrogens is 338 g/mol. The van der Waals surface area contributed by atoms with E-state index in [1.807, 2.05) is 7.05 Å². The summed E-state index contributed by atoms with van der Waals surface area (Å²) in [6.45, 7) is 6.83. The fourth-order valence-corrected chi connectivity index (χ4v) is 4.58. The van der Waals surface area contributed by atoms with E-state index in [1.54, 1.807) is 11.3 Å². The monoisotopic (exact) mass is 353 g/mol. The van der Waals surface area contributed by atoms with Gasteiger partial charge in [0.25, 0.3) is 0 Å². The second-order valence-electron chi connectivity index (χ2n) is 4.15. The van der Waals surface area contributed by atoms with Crippen molar-refractivity contribution in [2.45, 2.75) is 26.8 Å². The summed E-state index contributed by atoms with van der Waals surface area (Å²) in [7, 11) is 2.03. The van der Waals surface area contributed by atoms with Crippen LogP contribution in [0.15, 0.2) is 13.6 Å². The molecule has 2 unspecified atom stereocenters. The number of halogens is 2. The van der Waals surface area contributed by atoms with Gasteiger partial charge in [-0.05, 0) is 62.4 Å². The van der Waals surface area contributed by atoms with Gasteiger partial charge in [0.05, 0.1) is 7.57 Å². The van der Waals surface area contributed by atoms with E-state index in [0.29, 0.717) is 17.9 Å². The van der Waals surface area contributed by atoms with Gasteiger partial charge >= 0.3 is 0 Å². The Labute approximate surface area is 113 Å². The average molecular weight is 355 g/mol. The molecule has 1 rings (SSSR count). The van der Waals surface area contributed by atoms with Gasteiger partial charge in [-0.2, -0.15) is 0 Å². The minimum Gasteiger partial charge on any atom is -0.313 e. The van der Waals surface area contributed by atoms with E-state index < -0.39 is 0 Å². The van der Waals surface area contributed by atoms with Gasteiger partial charge in [0, 0.05) is 6.04 Å². The van der Waals surface area contributed by atoms with Crippen molar-refractivity contribution in [3.05, 3.63) is 19.2 Å².